The lowest BCUT2D eigenvalue weighted by Gasteiger charge is -2.33. The molecule has 2 rings (SSSR count). The van der Waals surface area contributed by atoms with Gasteiger partial charge in [0, 0.05) is 18.7 Å². The molecule has 8 heteroatoms. The van der Waals surface area contributed by atoms with Crippen LogP contribution in [-0.4, -0.2) is 43.4 Å². The zero-order valence-electron chi connectivity index (χ0n) is 11.1. The lowest BCUT2D eigenvalue weighted by Crippen LogP contribution is -2.48. The van der Waals surface area contributed by atoms with Gasteiger partial charge in [-0.2, -0.15) is 4.31 Å². The fourth-order valence-corrected chi connectivity index (χ4v) is 4.06. The van der Waals surface area contributed by atoms with Crippen molar-refractivity contribution in [3.8, 4) is 0 Å². The van der Waals surface area contributed by atoms with Crippen LogP contribution in [0.3, 0.4) is 0 Å². The molecule has 1 heterocycles. The second-order valence-electron chi connectivity index (χ2n) is 4.48. The molecule has 1 aliphatic heterocycles. The molecule has 1 aliphatic rings. The SMILES string of the molecule is CCC1COCCN1S(=O)(=O)c1ccccc1[N+](=O)[O-]. The van der Waals surface area contributed by atoms with Gasteiger partial charge in [0.15, 0.2) is 4.90 Å². The Morgan fingerprint density at radius 3 is 2.80 bits per heavy atom. The van der Waals surface area contributed by atoms with Crippen molar-refractivity contribution in [2.75, 3.05) is 19.8 Å². The van der Waals surface area contributed by atoms with E-state index < -0.39 is 20.6 Å². The average Bonchev–Trinajstić information content (AvgIpc) is 2.47. The topological polar surface area (TPSA) is 89.8 Å². The predicted octanol–water partition coefficient (Wildman–Crippen LogP) is 1.39. The number of nitro benzene ring substituents is 1. The standard InChI is InChI=1S/C12H16N2O5S/c1-2-10-9-19-8-7-13(10)20(17,18)12-6-4-3-5-11(12)14(15)16/h3-6,10H,2,7-9H2,1H3. The molecule has 0 radical (unpaired) electrons. The monoisotopic (exact) mass is 300 g/mol. The largest absolute Gasteiger partial charge is 0.378 e. The molecule has 0 aromatic heterocycles. The molecule has 0 N–H and O–H groups in total. The van der Waals surface area contributed by atoms with Gasteiger partial charge in [-0.15, -0.1) is 0 Å². The molecule has 0 spiro atoms. The van der Waals surface area contributed by atoms with Crippen LogP contribution < -0.4 is 0 Å². The first-order valence-corrected chi connectivity index (χ1v) is 7.75. The number of nitrogens with zero attached hydrogens (tertiary/aromatic N) is 2. The van der Waals surface area contributed by atoms with Crippen molar-refractivity contribution >= 4 is 15.7 Å². The Morgan fingerprint density at radius 1 is 1.45 bits per heavy atom. The third kappa shape index (κ3) is 2.67. The van der Waals surface area contributed by atoms with E-state index in [1.54, 1.807) is 0 Å². The highest BCUT2D eigenvalue weighted by atomic mass is 32.2. The van der Waals surface area contributed by atoms with E-state index in [1.807, 2.05) is 6.92 Å². The summed E-state index contributed by atoms with van der Waals surface area (Å²) in [5, 5.41) is 11.0. The first-order valence-electron chi connectivity index (χ1n) is 6.31. The second-order valence-corrected chi connectivity index (χ2v) is 6.34. The van der Waals surface area contributed by atoms with Crippen LogP contribution in [0.5, 0.6) is 0 Å². The van der Waals surface area contributed by atoms with Gasteiger partial charge >= 0.3 is 0 Å². The van der Waals surface area contributed by atoms with Crippen molar-refractivity contribution < 1.29 is 18.1 Å². The number of sulfonamides is 1. The average molecular weight is 300 g/mol. The maximum Gasteiger partial charge on any atom is 0.289 e. The molecule has 1 aromatic carbocycles. The smallest absolute Gasteiger partial charge is 0.289 e. The minimum atomic E-state index is -3.89. The Hall–Kier alpha value is -1.51. The van der Waals surface area contributed by atoms with E-state index in [0.717, 1.165) is 0 Å². The molecule has 1 atom stereocenters. The van der Waals surface area contributed by atoms with Crippen molar-refractivity contribution in [2.45, 2.75) is 24.3 Å². The van der Waals surface area contributed by atoms with Crippen LogP contribution in [0.15, 0.2) is 29.2 Å². The lowest BCUT2D eigenvalue weighted by molar-refractivity contribution is -0.387. The summed E-state index contributed by atoms with van der Waals surface area (Å²) in [7, 11) is -3.89. The maximum atomic E-state index is 12.6. The second kappa shape index (κ2) is 5.86. The van der Waals surface area contributed by atoms with E-state index in [4.69, 9.17) is 4.74 Å². The van der Waals surface area contributed by atoms with Crippen LogP contribution in [0.25, 0.3) is 0 Å². The fraction of sp³-hybridized carbons (Fsp3) is 0.500. The van der Waals surface area contributed by atoms with E-state index in [2.05, 4.69) is 0 Å². The third-order valence-corrected chi connectivity index (χ3v) is 5.29. The van der Waals surface area contributed by atoms with Crippen molar-refractivity contribution in [1.29, 1.82) is 0 Å². The predicted molar refractivity (Wildman–Crippen MR) is 71.9 cm³/mol. The number of hydrogen-bond donors (Lipinski definition) is 0. The van der Waals surface area contributed by atoms with Crippen LogP contribution in [0.1, 0.15) is 13.3 Å². The minimum Gasteiger partial charge on any atom is -0.378 e. The number of para-hydroxylation sites is 1. The quantitative estimate of drug-likeness (QED) is 0.619. The zero-order chi connectivity index (χ0) is 14.8. The van der Waals surface area contributed by atoms with Crippen LogP contribution >= 0.6 is 0 Å². The molecule has 1 aromatic rings. The number of morpholine rings is 1. The molecule has 0 amide bonds. The molecule has 0 aliphatic carbocycles. The Bertz CT molecular complexity index is 602. The van der Waals surface area contributed by atoms with Crippen molar-refractivity contribution in [3.63, 3.8) is 0 Å². The van der Waals surface area contributed by atoms with Crippen LogP contribution in [-0.2, 0) is 14.8 Å². The van der Waals surface area contributed by atoms with Crippen molar-refractivity contribution in [3.05, 3.63) is 34.4 Å². The summed E-state index contributed by atoms with van der Waals surface area (Å²) < 4.78 is 31.9. The normalized spacial score (nSPS) is 20.8. The minimum absolute atomic E-state index is 0.215. The first-order chi connectivity index (χ1) is 9.48. The Balaban J connectivity index is 2.47. The van der Waals surface area contributed by atoms with Gasteiger partial charge in [-0.05, 0) is 12.5 Å². The Kier molecular flexibility index (Phi) is 4.36. The van der Waals surface area contributed by atoms with Gasteiger partial charge in [-0.3, -0.25) is 10.1 Å². The number of rotatable bonds is 4. The highest BCUT2D eigenvalue weighted by Crippen LogP contribution is 2.28. The molecular formula is C12H16N2O5S. The summed E-state index contributed by atoms with van der Waals surface area (Å²) in [6.07, 6.45) is 0.597. The van der Waals surface area contributed by atoms with Crippen LogP contribution in [0.2, 0.25) is 0 Å². The third-order valence-electron chi connectivity index (χ3n) is 3.29. The molecule has 1 saturated heterocycles. The summed E-state index contributed by atoms with van der Waals surface area (Å²) in [6.45, 7) is 2.70. The summed E-state index contributed by atoms with van der Waals surface area (Å²) in [5.41, 5.74) is -0.395. The van der Waals surface area contributed by atoms with Crippen molar-refractivity contribution in [1.82, 2.24) is 4.31 Å². The van der Waals surface area contributed by atoms with Crippen molar-refractivity contribution in [2.24, 2.45) is 0 Å². The molecule has 1 fully saturated rings. The van der Waals surface area contributed by atoms with Gasteiger partial charge in [0.05, 0.1) is 18.1 Å². The number of nitro groups is 1. The lowest BCUT2D eigenvalue weighted by atomic mass is 10.2. The summed E-state index contributed by atoms with van der Waals surface area (Å²) in [5.74, 6) is 0. The van der Waals surface area contributed by atoms with Gasteiger partial charge in [-0.1, -0.05) is 19.1 Å². The van der Waals surface area contributed by atoms with E-state index in [0.29, 0.717) is 19.6 Å². The number of ether oxygens (including phenoxy) is 1. The highest BCUT2D eigenvalue weighted by Gasteiger charge is 2.36. The molecule has 20 heavy (non-hydrogen) atoms. The Morgan fingerprint density at radius 2 is 2.15 bits per heavy atom. The van der Waals surface area contributed by atoms with Gasteiger partial charge in [0.25, 0.3) is 5.69 Å². The number of benzene rings is 1. The van der Waals surface area contributed by atoms with E-state index in [-0.39, 0.29) is 17.5 Å². The molecule has 0 saturated carbocycles. The Labute approximate surface area is 117 Å². The van der Waals surface area contributed by atoms with E-state index in [1.165, 1.54) is 28.6 Å². The van der Waals surface area contributed by atoms with Gasteiger partial charge in [0.1, 0.15) is 0 Å². The zero-order valence-corrected chi connectivity index (χ0v) is 11.9. The fourth-order valence-electron chi connectivity index (χ4n) is 2.23. The maximum absolute atomic E-state index is 12.6. The van der Waals surface area contributed by atoms with E-state index >= 15 is 0 Å². The molecule has 110 valence electrons. The van der Waals surface area contributed by atoms with E-state index in [9.17, 15) is 18.5 Å². The summed E-state index contributed by atoms with van der Waals surface area (Å²) in [6, 6.07) is 5.13. The van der Waals surface area contributed by atoms with Crippen LogP contribution in [0.4, 0.5) is 5.69 Å². The van der Waals surface area contributed by atoms with Gasteiger partial charge in [-0.25, -0.2) is 8.42 Å². The van der Waals surface area contributed by atoms with Crippen LogP contribution in [0, 0.1) is 10.1 Å². The highest BCUT2D eigenvalue weighted by molar-refractivity contribution is 7.89. The molecule has 7 nitrogen and oxygen atoms in total. The first kappa shape index (κ1) is 14.9. The number of hydrogen-bond acceptors (Lipinski definition) is 5. The van der Waals surface area contributed by atoms with Gasteiger partial charge < -0.3 is 4.74 Å². The summed E-state index contributed by atoms with van der Waals surface area (Å²) in [4.78, 5) is 10.1. The molecular weight excluding hydrogens is 284 g/mol. The molecule has 1 unspecified atom stereocenters. The summed E-state index contributed by atoms with van der Waals surface area (Å²) >= 11 is 0. The molecule has 0 bridgehead atoms. The van der Waals surface area contributed by atoms with Gasteiger partial charge in [0.2, 0.25) is 10.0 Å².